The molecule has 4 N–H and O–H groups in total. The van der Waals surface area contributed by atoms with Crippen LogP contribution in [0, 0.1) is 6.92 Å². The van der Waals surface area contributed by atoms with Crippen LogP contribution >= 0.6 is 0 Å². The smallest absolute Gasteiger partial charge is 0.180 e. The van der Waals surface area contributed by atoms with Gasteiger partial charge in [0.2, 0.25) is 0 Å². The van der Waals surface area contributed by atoms with Gasteiger partial charge in [-0.3, -0.25) is 0 Å². The number of aryl methyl sites for hydroxylation is 1. The summed E-state index contributed by atoms with van der Waals surface area (Å²) in [5.41, 5.74) is 7.32. The lowest BCUT2D eigenvalue weighted by Gasteiger charge is -2.14. The molecule has 0 unspecified atom stereocenters. The van der Waals surface area contributed by atoms with Gasteiger partial charge in [-0.15, -0.1) is 5.10 Å². The summed E-state index contributed by atoms with van der Waals surface area (Å²) in [6, 6.07) is 18.7. The highest BCUT2D eigenvalue weighted by atomic mass is 15.5. The largest absolute Gasteiger partial charge is 0.344 e. The molecule has 0 radical (unpaired) electrons. The van der Waals surface area contributed by atoms with Gasteiger partial charge >= 0.3 is 0 Å². The molecule has 0 amide bonds. The first-order valence-corrected chi connectivity index (χ1v) is 10.4. The predicted molar refractivity (Wildman–Crippen MR) is 126 cm³/mol. The number of nitrogens with zero attached hydrogens (tertiary/aromatic N) is 6. The zero-order valence-electron chi connectivity index (χ0n) is 18.4. The number of fused-ring (bicyclic) bond motifs is 1. The Morgan fingerprint density at radius 3 is 2.53 bits per heavy atom. The van der Waals surface area contributed by atoms with Crippen LogP contribution in [0.2, 0.25) is 0 Å². The molecule has 0 atom stereocenters. The van der Waals surface area contributed by atoms with E-state index in [2.05, 4.69) is 81.3 Å². The standard InChI is InChI=1S/C24H23N7.H3N/c1-15(2)23-26-21-16(3)11-12-25-24(21)31(23)14-17-9-10-19(18-7-5-4-6-8-18)20(13-17)22-27-29-30-28-22;/h4-13,15H,14H2,1-3H3,(H,27,28,29,30);1H3. The molecule has 5 rings (SSSR count). The van der Waals surface area contributed by atoms with Crippen LogP contribution < -0.4 is 6.15 Å². The molecular weight excluding hydrogens is 400 g/mol. The van der Waals surface area contributed by atoms with Crippen LogP contribution in [0.4, 0.5) is 0 Å². The monoisotopic (exact) mass is 426 g/mol. The average molecular weight is 427 g/mol. The van der Waals surface area contributed by atoms with Gasteiger partial charge in [-0.25, -0.2) is 15.1 Å². The van der Waals surface area contributed by atoms with Crippen LogP contribution in [-0.2, 0) is 6.54 Å². The minimum absolute atomic E-state index is 0. The fourth-order valence-corrected chi connectivity index (χ4v) is 3.96. The number of pyridine rings is 1. The first-order chi connectivity index (χ1) is 15.1. The minimum Gasteiger partial charge on any atom is -0.344 e. The normalized spacial score (nSPS) is 11.1. The van der Waals surface area contributed by atoms with E-state index in [1.807, 2.05) is 30.5 Å². The Morgan fingerprint density at radius 1 is 1.00 bits per heavy atom. The van der Waals surface area contributed by atoms with Crippen molar-refractivity contribution in [3.63, 3.8) is 0 Å². The maximum Gasteiger partial charge on any atom is 0.180 e. The number of H-pyrrole nitrogens is 1. The zero-order valence-corrected chi connectivity index (χ0v) is 18.4. The van der Waals surface area contributed by atoms with Crippen LogP contribution in [0.3, 0.4) is 0 Å². The first-order valence-electron chi connectivity index (χ1n) is 10.4. The van der Waals surface area contributed by atoms with Crippen molar-refractivity contribution >= 4 is 11.2 Å². The van der Waals surface area contributed by atoms with Crippen molar-refractivity contribution < 1.29 is 0 Å². The number of tetrazole rings is 1. The fraction of sp³-hybridized carbons (Fsp3) is 0.208. The molecule has 0 spiro atoms. The molecule has 8 heteroatoms. The Hall–Kier alpha value is -3.91. The Balaban J connectivity index is 0.00000245. The van der Waals surface area contributed by atoms with E-state index in [1.54, 1.807) is 0 Å². The number of hydrogen-bond donors (Lipinski definition) is 2. The van der Waals surface area contributed by atoms with Crippen molar-refractivity contribution in [1.29, 1.82) is 0 Å². The lowest BCUT2D eigenvalue weighted by molar-refractivity contribution is 0.679. The third kappa shape index (κ3) is 3.76. The van der Waals surface area contributed by atoms with E-state index in [-0.39, 0.29) is 12.1 Å². The molecule has 0 saturated heterocycles. The van der Waals surface area contributed by atoms with Crippen LogP contribution in [-0.4, -0.2) is 35.2 Å². The summed E-state index contributed by atoms with van der Waals surface area (Å²) in [5, 5.41) is 14.6. The van der Waals surface area contributed by atoms with Gasteiger partial charge in [0.1, 0.15) is 11.3 Å². The van der Waals surface area contributed by atoms with Crippen molar-refractivity contribution in [3.8, 4) is 22.5 Å². The number of imidazole rings is 1. The maximum atomic E-state index is 4.91. The van der Waals surface area contributed by atoms with E-state index in [4.69, 9.17) is 4.98 Å². The van der Waals surface area contributed by atoms with Gasteiger partial charge in [0, 0.05) is 17.7 Å². The molecule has 0 aliphatic rings. The van der Waals surface area contributed by atoms with Gasteiger partial charge in [0.25, 0.3) is 0 Å². The van der Waals surface area contributed by atoms with E-state index in [9.17, 15) is 0 Å². The number of nitrogens with one attached hydrogen (secondary N) is 1. The van der Waals surface area contributed by atoms with Crippen LogP contribution in [0.5, 0.6) is 0 Å². The second-order valence-corrected chi connectivity index (χ2v) is 8.01. The third-order valence-electron chi connectivity index (χ3n) is 5.49. The molecular formula is C24H26N8. The molecule has 0 aliphatic carbocycles. The van der Waals surface area contributed by atoms with Crippen molar-refractivity contribution in [1.82, 2.24) is 41.3 Å². The summed E-state index contributed by atoms with van der Waals surface area (Å²) < 4.78 is 2.22. The van der Waals surface area contributed by atoms with Gasteiger partial charge in [-0.1, -0.05) is 56.3 Å². The number of aromatic amines is 1. The Kier molecular flexibility index (Phi) is 5.79. The first kappa shape index (κ1) is 21.3. The summed E-state index contributed by atoms with van der Waals surface area (Å²) in [5.74, 6) is 1.97. The molecule has 0 saturated carbocycles. The minimum atomic E-state index is 0. The van der Waals surface area contributed by atoms with Crippen molar-refractivity contribution in [2.24, 2.45) is 0 Å². The average Bonchev–Trinajstić information content (AvgIpc) is 3.44. The molecule has 0 aliphatic heterocycles. The lowest BCUT2D eigenvalue weighted by atomic mass is 9.97. The van der Waals surface area contributed by atoms with Crippen LogP contribution in [0.1, 0.15) is 36.7 Å². The summed E-state index contributed by atoms with van der Waals surface area (Å²) in [6.07, 6.45) is 1.85. The van der Waals surface area contributed by atoms with E-state index in [0.717, 1.165) is 44.8 Å². The van der Waals surface area contributed by atoms with E-state index < -0.39 is 0 Å². The maximum absolute atomic E-state index is 4.91. The molecule has 3 aromatic heterocycles. The molecule has 162 valence electrons. The van der Waals surface area contributed by atoms with E-state index in [0.29, 0.717) is 12.4 Å². The van der Waals surface area contributed by atoms with Gasteiger partial charge in [-0.2, -0.15) is 0 Å². The summed E-state index contributed by atoms with van der Waals surface area (Å²) in [7, 11) is 0. The summed E-state index contributed by atoms with van der Waals surface area (Å²) in [4.78, 5) is 9.55. The lowest BCUT2D eigenvalue weighted by Crippen LogP contribution is -2.07. The highest BCUT2D eigenvalue weighted by Crippen LogP contribution is 2.32. The topological polar surface area (TPSA) is 120 Å². The van der Waals surface area contributed by atoms with Crippen molar-refractivity contribution in [2.45, 2.75) is 33.2 Å². The van der Waals surface area contributed by atoms with Gasteiger partial charge in [0.15, 0.2) is 11.5 Å². The molecule has 8 nitrogen and oxygen atoms in total. The second kappa shape index (κ2) is 8.68. The third-order valence-corrected chi connectivity index (χ3v) is 5.49. The molecule has 32 heavy (non-hydrogen) atoms. The molecule has 0 bridgehead atoms. The van der Waals surface area contributed by atoms with Gasteiger partial charge in [-0.05, 0) is 51.7 Å². The van der Waals surface area contributed by atoms with Gasteiger partial charge in [0.05, 0.1) is 6.54 Å². The second-order valence-electron chi connectivity index (χ2n) is 8.01. The van der Waals surface area contributed by atoms with E-state index in [1.165, 1.54) is 0 Å². The fourth-order valence-electron chi connectivity index (χ4n) is 3.96. The highest BCUT2D eigenvalue weighted by Gasteiger charge is 2.18. The number of benzene rings is 2. The quantitative estimate of drug-likeness (QED) is 0.411. The van der Waals surface area contributed by atoms with E-state index >= 15 is 0 Å². The van der Waals surface area contributed by atoms with Crippen LogP contribution in [0.15, 0.2) is 60.8 Å². The Labute approximate surface area is 186 Å². The Bertz CT molecular complexity index is 1340. The molecule has 5 aromatic rings. The highest BCUT2D eigenvalue weighted by molar-refractivity contribution is 5.81. The summed E-state index contributed by atoms with van der Waals surface area (Å²) >= 11 is 0. The number of rotatable bonds is 5. The van der Waals surface area contributed by atoms with Crippen LogP contribution in [0.25, 0.3) is 33.7 Å². The van der Waals surface area contributed by atoms with Crippen molar-refractivity contribution in [2.75, 3.05) is 0 Å². The molecule has 3 heterocycles. The van der Waals surface area contributed by atoms with Crippen molar-refractivity contribution in [3.05, 3.63) is 77.7 Å². The summed E-state index contributed by atoms with van der Waals surface area (Å²) in [6.45, 7) is 7.08. The van der Waals surface area contributed by atoms with Gasteiger partial charge < -0.3 is 10.7 Å². The molecule has 0 fully saturated rings. The SMILES string of the molecule is Cc1ccnc2c1nc(C(C)C)n2Cc1ccc(-c2ccccc2)c(-c2nnn[nH]2)c1.N. The zero-order chi connectivity index (χ0) is 21.4. The number of aromatic nitrogens is 7. The predicted octanol–water partition coefficient (Wildman–Crippen LogP) is 4.92. The number of hydrogen-bond acceptors (Lipinski definition) is 6. The Morgan fingerprint density at radius 2 is 1.81 bits per heavy atom. The molecule has 2 aromatic carbocycles.